The Morgan fingerprint density at radius 3 is 3.30 bits per heavy atom. The average molecular weight is 273 g/mol. The molecule has 0 spiro atoms. The zero-order valence-corrected chi connectivity index (χ0v) is 11.6. The number of hydrogen-bond acceptors (Lipinski definition) is 3. The van der Waals surface area contributed by atoms with Crippen LogP contribution in [0.25, 0.3) is 0 Å². The summed E-state index contributed by atoms with van der Waals surface area (Å²) in [6.45, 7) is 2.82. The van der Waals surface area contributed by atoms with E-state index in [-0.39, 0.29) is 11.9 Å². The van der Waals surface area contributed by atoms with E-state index in [2.05, 4.69) is 21.1 Å². The number of fused-ring (bicyclic) bond motifs is 1. The summed E-state index contributed by atoms with van der Waals surface area (Å²) in [6, 6.07) is 3.95. The normalized spacial score (nSPS) is 17.8. The van der Waals surface area contributed by atoms with Gasteiger partial charge in [-0.15, -0.1) is 0 Å². The Bertz CT molecular complexity index is 586. The lowest BCUT2D eigenvalue weighted by atomic mass is 10.1. The highest BCUT2D eigenvalue weighted by Gasteiger charge is 2.21. The van der Waals surface area contributed by atoms with Crippen LogP contribution in [0.3, 0.4) is 0 Å². The van der Waals surface area contributed by atoms with Gasteiger partial charge in [-0.1, -0.05) is 0 Å². The van der Waals surface area contributed by atoms with Crippen molar-refractivity contribution in [2.75, 3.05) is 0 Å². The van der Waals surface area contributed by atoms with Crippen LogP contribution >= 0.6 is 0 Å². The predicted octanol–water partition coefficient (Wildman–Crippen LogP) is 1.85. The van der Waals surface area contributed by atoms with Gasteiger partial charge in [0.2, 0.25) is 5.91 Å². The van der Waals surface area contributed by atoms with E-state index >= 15 is 0 Å². The van der Waals surface area contributed by atoms with Crippen LogP contribution in [0, 0.1) is 6.92 Å². The zero-order chi connectivity index (χ0) is 13.9. The first kappa shape index (κ1) is 13.0. The van der Waals surface area contributed by atoms with Gasteiger partial charge in [0.1, 0.15) is 11.6 Å². The number of imidazole rings is 1. The van der Waals surface area contributed by atoms with Crippen LogP contribution in [-0.4, -0.2) is 21.5 Å². The Balaban J connectivity index is 1.50. The zero-order valence-electron chi connectivity index (χ0n) is 11.6. The number of aromatic nitrogens is 2. The maximum atomic E-state index is 11.9. The van der Waals surface area contributed by atoms with Crippen LogP contribution in [-0.2, 0) is 24.2 Å². The predicted molar refractivity (Wildman–Crippen MR) is 74.2 cm³/mol. The second kappa shape index (κ2) is 5.53. The number of aryl methyl sites for hydroxylation is 3. The van der Waals surface area contributed by atoms with E-state index in [9.17, 15) is 4.79 Å². The lowest BCUT2D eigenvalue weighted by Crippen LogP contribution is -2.40. The summed E-state index contributed by atoms with van der Waals surface area (Å²) in [5, 5.41) is 3.10. The van der Waals surface area contributed by atoms with Crippen LogP contribution in [0.2, 0.25) is 0 Å². The van der Waals surface area contributed by atoms with E-state index in [4.69, 9.17) is 4.42 Å². The summed E-state index contributed by atoms with van der Waals surface area (Å²) < 4.78 is 7.38. The minimum atomic E-state index is 0.0895. The Kier molecular flexibility index (Phi) is 3.58. The Hall–Kier alpha value is -2.04. The van der Waals surface area contributed by atoms with E-state index in [0.717, 1.165) is 36.7 Å². The summed E-state index contributed by atoms with van der Waals surface area (Å²) in [5.41, 5.74) is 1.05. The molecule has 3 rings (SSSR count). The molecule has 3 heterocycles. The monoisotopic (exact) mass is 273 g/mol. The molecular weight excluding hydrogens is 254 g/mol. The first-order valence-electron chi connectivity index (χ1n) is 7.05. The second-order valence-electron chi connectivity index (χ2n) is 5.33. The van der Waals surface area contributed by atoms with Crippen molar-refractivity contribution in [1.29, 1.82) is 0 Å². The quantitative estimate of drug-likeness (QED) is 0.924. The molecular formula is C15H19N3O2. The molecule has 1 atom stereocenters. The van der Waals surface area contributed by atoms with Crippen LogP contribution in [0.15, 0.2) is 29.0 Å². The minimum absolute atomic E-state index is 0.0895. The molecule has 1 N–H and O–H groups in total. The molecule has 0 aromatic carbocycles. The topological polar surface area (TPSA) is 60.1 Å². The fourth-order valence-electron chi connectivity index (χ4n) is 2.70. The van der Waals surface area contributed by atoms with Crippen LogP contribution < -0.4 is 5.32 Å². The average Bonchev–Trinajstić information content (AvgIpc) is 3.04. The third-order valence-electron chi connectivity index (χ3n) is 3.66. The van der Waals surface area contributed by atoms with Gasteiger partial charge in [-0.2, -0.15) is 0 Å². The molecule has 0 radical (unpaired) electrons. The van der Waals surface area contributed by atoms with Gasteiger partial charge in [-0.05, 0) is 25.5 Å². The maximum absolute atomic E-state index is 11.9. The van der Waals surface area contributed by atoms with Crippen molar-refractivity contribution in [2.45, 2.75) is 45.2 Å². The van der Waals surface area contributed by atoms with Gasteiger partial charge in [-0.3, -0.25) is 4.79 Å². The third kappa shape index (κ3) is 2.92. The first-order chi connectivity index (χ1) is 9.70. The number of furan rings is 1. The molecule has 0 saturated carbocycles. The summed E-state index contributed by atoms with van der Waals surface area (Å²) >= 11 is 0. The summed E-state index contributed by atoms with van der Waals surface area (Å²) in [7, 11) is 0. The van der Waals surface area contributed by atoms with Gasteiger partial charge < -0.3 is 14.3 Å². The highest BCUT2D eigenvalue weighted by Crippen LogP contribution is 2.15. The molecule has 1 aliphatic rings. The van der Waals surface area contributed by atoms with Crippen LogP contribution in [0.4, 0.5) is 0 Å². The smallest absolute Gasteiger partial charge is 0.220 e. The molecule has 0 aliphatic carbocycles. The van der Waals surface area contributed by atoms with E-state index in [1.807, 2.05) is 19.1 Å². The van der Waals surface area contributed by atoms with E-state index in [0.29, 0.717) is 12.8 Å². The third-order valence-corrected chi connectivity index (χ3v) is 3.66. The van der Waals surface area contributed by atoms with Crippen molar-refractivity contribution in [3.63, 3.8) is 0 Å². The van der Waals surface area contributed by atoms with Crippen molar-refractivity contribution < 1.29 is 9.21 Å². The Morgan fingerprint density at radius 1 is 1.60 bits per heavy atom. The van der Waals surface area contributed by atoms with Crippen molar-refractivity contribution in [3.05, 3.63) is 41.9 Å². The number of hydrogen-bond donors (Lipinski definition) is 1. The fraction of sp³-hybridized carbons (Fsp3) is 0.467. The summed E-state index contributed by atoms with van der Waals surface area (Å²) in [4.78, 5) is 16.4. The number of nitrogens with zero attached hydrogens (tertiary/aromatic N) is 2. The van der Waals surface area contributed by atoms with Gasteiger partial charge >= 0.3 is 0 Å². The van der Waals surface area contributed by atoms with Gasteiger partial charge in [0.25, 0.3) is 0 Å². The second-order valence-corrected chi connectivity index (χ2v) is 5.33. The van der Waals surface area contributed by atoms with Gasteiger partial charge in [0, 0.05) is 38.0 Å². The summed E-state index contributed by atoms with van der Waals surface area (Å²) in [5.74, 6) is 2.08. The maximum Gasteiger partial charge on any atom is 0.220 e. The van der Waals surface area contributed by atoms with Gasteiger partial charge in [0.15, 0.2) is 0 Å². The van der Waals surface area contributed by atoms with Crippen molar-refractivity contribution >= 4 is 5.91 Å². The van der Waals surface area contributed by atoms with Gasteiger partial charge in [0.05, 0.1) is 12.0 Å². The van der Waals surface area contributed by atoms with Crippen LogP contribution in [0.1, 0.15) is 30.1 Å². The van der Waals surface area contributed by atoms with E-state index in [1.165, 1.54) is 0 Å². The number of nitrogens with one attached hydrogen (secondary N) is 1. The molecule has 5 heteroatoms. The van der Waals surface area contributed by atoms with Crippen LogP contribution in [0.5, 0.6) is 0 Å². The van der Waals surface area contributed by atoms with Crippen molar-refractivity contribution in [1.82, 2.24) is 14.9 Å². The molecule has 0 fully saturated rings. The highest BCUT2D eigenvalue weighted by atomic mass is 16.3. The largest absolute Gasteiger partial charge is 0.469 e. The van der Waals surface area contributed by atoms with Gasteiger partial charge in [-0.25, -0.2) is 4.98 Å². The first-order valence-corrected chi connectivity index (χ1v) is 7.05. The molecule has 106 valence electrons. The minimum Gasteiger partial charge on any atom is -0.469 e. The van der Waals surface area contributed by atoms with E-state index in [1.54, 1.807) is 6.26 Å². The molecule has 0 bridgehead atoms. The fourth-order valence-corrected chi connectivity index (χ4v) is 2.70. The molecule has 5 nitrogen and oxygen atoms in total. The number of rotatable bonds is 4. The highest BCUT2D eigenvalue weighted by molar-refractivity contribution is 5.76. The van der Waals surface area contributed by atoms with Crippen molar-refractivity contribution in [2.24, 2.45) is 0 Å². The Morgan fingerprint density at radius 2 is 2.50 bits per heavy atom. The molecule has 2 aromatic rings. The molecule has 20 heavy (non-hydrogen) atoms. The molecule has 0 unspecified atom stereocenters. The SMILES string of the molecule is Cc1cn2c(n1)CC[C@H](NC(=O)CCc1ccco1)C2. The van der Waals surface area contributed by atoms with E-state index < -0.39 is 0 Å². The lowest BCUT2D eigenvalue weighted by molar-refractivity contribution is -0.122. The standard InChI is InChI=1S/C15H19N3O2/c1-11-9-18-10-12(4-6-14(18)16-11)17-15(19)7-5-13-3-2-8-20-13/h2-3,8-9,12H,4-7,10H2,1H3,(H,17,19)/t12-/m0/s1. The molecule has 2 aromatic heterocycles. The van der Waals surface area contributed by atoms with Crippen molar-refractivity contribution in [3.8, 4) is 0 Å². The Labute approximate surface area is 118 Å². The number of carbonyl (C=O) groups is 1. The lowest BCUT2D eigenvalue weighted by Gasteiger charge is -2.24. The molecule has 1 amide bonds. The molecule has 0 saturated heterocycles. The number of carbonyl (C=O) groups excluding carboxylic acids is 1. The number of amides is 1. The molecule has 1 aliphatic heterocycles. The summed E-state index contributed by atoms with van der Waals surface area (Å²) in [6.07, 6.45) is 6.70.